The van der Waals surface area contributed by atoms with Crippen LogP contribution in [0.5, 0.6) is 0 Å². The lowest BCUT2D eigenvalue weighted by molar-refractivity contribution is -0.121. The third kappa shape index (κ3) is 2.84. The Hall–Kier alpha value is -1.39. The van der Waals surface area contributed by atoms with E-state index in [1.54, 1.807) is 0 Å². The number of hydrogen-bond acceptors (Lipinski definition) is 3. The summed E-state index contributed by atoms with van der Waals surface area (Å²) in [6.45, 7) is -0.243. The highest BCUT2D eigenvalue weighted by atomic mass is 16.3. The first-order chi connectivity index (χ1) is 8.20. The predicted octanol–water partition coefficient (Wildman–Crippen LogP) is -0.0203. The van der Waals surface area contributed by atoms with Crippen LogP contribution >= 0.6 is 0 Å². The molecule has 0 bridgehead atoms. The zero-order valence-electron chi connectivity index (χ0n) is 9.73. The fourth-order valence-corrected chi connectivity index (χ4v) is 2.35. The minimum atomic E-state index is -0.634. The van der Waals surface area contributed by atoms with Gasteiger partial charge in [0.25, 0.3) is 0 Å². The van der Waals surface area contributed by atoms with Crippen LogP contribution in [0.4, 0.5) is 0 Å². The average molecular weight is 234 g/mol. The summed E-state index contributed by atoms with van der Waals surface area (Å²) in [6, 6.07) is 7.91. The van der Waals surface area contributed by atoms with Gasteiger partial charge < -0.3 is 16.2 Å². The number of carbonyl (C=O) groups is 1. The zero-order valence-corrected chi connectivity index (χ0v) is 9.73. The molecule has 4 nitrogen and oxygen atoms in total. The molecule has 92 valence electrons. The number of benzene rings is 1. The molecule has 1 aliphatic carbocycles. The van der Waals surface area contributed by atoms with Gasteiger partial charge in [0.05, 0.1) is 6.61 Å². The highest BCUT2D eigenvalue weighted by molar-refractivity contribution is 5.80. The summed E-state index contributed by atoms with van der Waals surface area (Å²) in [7, 11) is 0. The molecule has 1 aromatic rings. The van der Waals surface area contributed by atoms with Gasteiger partial charge in [0, 0.05) is 6.04 Å². The highest BCUT2D eigenvalue weighted by Gasteiger charge is 2.23. The molecule has 0 fully saturated rings. The molecule has 4 heteroatoms. The second-order valence-electron chi connectivity index (χ2n) is 4.51. The van der Waals surface area contributed by atoms with Crippen molar-refractivity contribution in [1.29, 1.82) is 0 Å². The van der Waals surface area contributed by atoms with Crippen LogP contribution in [0.1, 0.15) is 17.5 Å². The van der Waals surface area contributed by atoms with E-state index in [0.717, 1.165) is 19.3 Å². The maximum Gasteiger partial charge on any atom is 0.236 e. The maximum atomic E-state index is 11.0. The summed E-state index contributed by atoms with van der Waals surface area (Å²) in [5.74, 6) is -0.494. The molecule has 2 rings (SSSR count). The van der Waals surface area contributed by atoms with Crippen molar-refractivity contribution in [1.82, 2.24) is 5.32 Å². The van der Waals surface area contributed by atoms with Gasteiger partial charge in [0.15, 0.2) is 0 Å². The molecule has 1 aromatic carbocycles. The lowest BCUT2D eigenvalue weighted by Gasteiger charge is -2.28. The van der Waals surface area contributed by atoms with Gasteiger partial charge in [-0.3, -0.25) is 4.79 Å². The number of aryl methyl sites for hydroxylation is 1. The van der Waals surface area contributed by atoms with Gasteiger partial charge in [-0.25, -0.2) is 0 Å². The Balaban J connectivity index is 2.00. The predicted molar refractivity (Wildman–Crippen MR) is 65.5 cm³/mol. The smallest absolute Gasteiger partial charge is 0.236 e. The first-order valence-electron chi connectivity index (χ1n) is 5.93. The quantitative estimate of drug-likeness (QED) is 0.685. The van der Waals surface area contributed by atoms with Gasteiger partial charge in [-0.05, 0) is 30.4 Å². The van der Waals surface area contributed by atoms with E-state index < -0.39 is 11.9 Å². The van der Waals surface area contributed by atoms with Crippen LogP contribution in [0, 0.1) is 0 Å². The molecule has 0 saturated carbocycles. The van der Waals surface area contributed by atoms with Crippen LogP contribution in [0.3, 0.4) is 0 Å². The maximum absolute atomic E-state index is 11.0. The van der Waals surface area contributed by atoms with Crippen molar-refractivity contribution in [2.24, 2.45) is 5.73 Å². The summed E-state index contributed by atoms with van der Waals surface area (Å²) < 4.78 is 0. The molecular weight excluding hydrogens is 216 g/mol. The van der Waals surface area contributed by atoms with Gasteiger partial charge in [0.2, 0.25) is 5.91 Å². The first kappa shape index (κ1) is 12.1. The monoisotopic (exact) mass is 234 g/mol. The largest absolute Gasteiger partial charge is 0.394 e. The lowest BCUT2D eigenvalue weighted by Crippen LogP contribution is -2.50. The molecule has 4 N–H and O–H groups in total. The Morgan fingerprint density at radius 1 is 1.47 bits per heavy atom. The number of primary amides is 1. The second-order valence-corrected chi connectivity index (χ2v) is 4.51. The van der Waals surface area contributed by atoms with Crippen molar-refractivity contribution in [2.45, 2.75) is 31.3 Å². The van der Waals surface area contributed by atoms with E-state index in [0.29, 0.717) is 0 Å². The van der Waals surface area contributed by atoms with Crippen molar-refractivity contribution < 1.29 is 9.90 Å². The number of hydrogen-bond donors (Lipinski definition) is 3. The summed E-state index contributed by atoms with van der Waals surface area (Å²) in [4.78, 5) is 11.0. The highest BCUT2D eigenvalue weighted by Crippen LogP contribution is 2.21. The van der Waals surface area contributed by atoms with Crippen molar-refractivity contribution in [2.75, 3.05) is 6.61 Å². The Morgan fingerprint density at radius 3 is 2.82 bits per heavy atom. The number of aliphatic hydroxyl groups is 1. The standard InChI is InChI=1S/C13H18N2O2/c14-13(17)12(8-16)15-11-6-5-9-3-1-2-4-10(9)7-11/h1-4,11-12,15-16H,5-8H2,(H2,14,17)/t11-,12-/m1/s1. The number of rotatable bonds is 4. The van der Waals surface area contributed by atoms with Crippen LogP contribution in [0.25, 0.3) is 0 Å². The fourth-order valence-electron chi connectivity index (χ4n) is 2.35. The lowest BCUT2D eigenvalue weighted by atomic mass is 9.88. The molecule has 0 heterocycles. The van der Waals surface area contributed by atoms with Gasteiger partial charge in [0.1, 0.15) is 6.04 Å². The third-order valence-electron chi connectivity index (χ3n) is 3.31. The minimum Gasteiger partial charge on any atom is -0.394 e. The number of fused-ring (bicyclic) bond motifs is 1. The average Bonchev–Trinajstić information content (AvgIpc) is 2.35. The molecule has 0 saturated heterocycles. The zero-order chi connectivity index (χ0) is 12.3. The normalized spacial score (nSPS) is 20.6. The molecule has 1 amide bonds. The van der Waals surface area contributed by atoms with Crippen molar-refractivity contribution in [3.63, 3.8) is 0 Å². The molecule has 0 unspecified atom stereocenters. The topological polar surface area (TPSA) is 75.4 Å². The van der Waals surface area contributed by atoms with Gasteiger partial charge in [-0.2, -0.15) is 0 Å². The Labute approximate surface area is 101 Å². The molecule has 0 spiro atoms. The summed E-state index contributed by atoms with van der Waals surface area (Å²) >= 11 is 0. The summed E-state index contributed by atoms with van der Waals surface area (Å²) in [5.41, 5.74) is 7.89. The van der Waals surface area contributed by atoms with Crippen LogP contribution in [-0.4, -0.2) is 29.7 Å². The molecule has 0 aliphatic heterocycles. The van der Waals surface area contributed by atoms with E-state index in [1.807, 2.05) is 12.1 Å². The van der Waals surface area contributed by atoms with Crippen molar-refractivity contribution in [3.8, 4) is 0 Å². The van der Waals surface area contributed by atoms with E-state index in [2.05, 4.69) is 17.4 Å². The summed E-state index contributed by atoms with van der Waals surface area (Å²) in [5, 5.41) is 12.2. The first-order valence-corrected chi connectivity index (χ1v) is 5.93. The van der Waals surface area contributed by atoms with Crippen LogP contribution in [0.15, 0.2) is 24.3 Å². The molecule has 17 heavy (non-hydrogen) atoms. The van der Waals surface area contributed by atoms with Gasteiger partial charge in [-0.1, -0.05) is 24.3 Å². The number of nitrogens with one attached hydrogen (secondary N) is 1. The fraction of sp³-hybridized carbons (Fsp3) is 0.462. The second kappa shape index (κ2) is 5.29. The van der Waals surface area contributed by atoms with Gasteiger partial charge >= 0.3 is 0 Å². The molecule has 0 radical (unpaired) electrons. The minimum absolute atomic E-state index is 0.217. The van der Waals surface area contributed by atoms with E-state index in [4.69, 9.17) is 10.8 Å². The van der Waals surface area contributed by atoms with E-state index in [1.165, 1.54) is 11.1 Å². The van der Waals surface area contributed by atoms with Crippen LogP contribution in [0.2, 0.25) is 0 Å². The molecule has 0 aromatic heterocycles. The van der Waals surface area contributed by atoms with E-state index >= 15 is 0 Å². The van der Waals surface area contributed by atoms with Crippen LogP contribution < -0.4 is 11.1 Å². The number of carbonyl (C=O) groups excluding carboxylic acids is 1. The molecular formula is C13H18N2O2. The number of amides is 1. The SMILES string of the molecule is NC(=O)[C@@H](CO)N[C@@H]1CCc2ccccc2C1. The number of aliphatic hydroxyl groups excluding tert-OH is 1. The van der Waals surface area contributed by atoms with E-state index in [-0.39, 0.29) is 12.6 Å². The Kier molecular flexibility index (Phi) is 3.76. The van der Waals surface area contributed by atoms with E-state index in [9.17, 15) is 4.79 Å². The Morgan fingerprint density at radius 2 is 2.18 bits per heavy atom. The van der Waals surface area contributed by atoms with Gasteiger partial charge in [-0.15, -0.1) is 0 Å². The Bertz CT molecular complexity index is 406. The van der Waals surface area contributed by atoms with Crippen molar-refractivity contribution in [3.05, 3.63) is 35.4 Å². The van der Waals surface area contributed by atoms with Crippen molar-refractivity contribution >= 4 is 5.91 Å². The number of nitrogens with two attached hydrogens (primary N) is 1. The summed E-state index contributed by atoms with van der Waals surface area (Å²) in [6.07, 6.45) is 2.87. The molecule has 2 atom stereocenters. The van der Waals surface area contributed by atoms with Crippen LogP contribution in [-0.2, 0) is 17.6 Å². The third-order valence-corrected chi connectivity index (χ3v) is 3.31. The molecule has 1 aliphatic rings.